The lowest BCUT2D eigenvalue weighted by atomic mass is 9.84. The van der Waals surface area contributed by atoms with E-state index in [9.17, 15) is 0 Å². The SMILES string of the molecule is COC(C(N)Cc1nc2ccccc2s1)C(C)(C)C. The van der Waals surface area contributed by atoms with E-state index in [4.69, 9.17) is 10.5 Å². The minimum absolute atomic E-state index is 0.0273. The third kappa shape index (κ3) is 3.32. The van der Waals surface area contributed by atoms with Crippen LogP contribution >= 0.6 is 11.3 Å². The van der Waals surface area contributed by atoms with Crippen LogP contribution in [0.15, 0.2) is 24.3 Å². The molecule has 0 saturated carbocycles. The Kier molecular flexibility index (Phi) is 4.23. The number of para-hydroxylation sites is 1. The zero-order valence-corrected chi connectivity index (χ0v) is 12.8. The monoisotopic (exact) mass is 278 g/mol. The zero-order valence-electron chi connectivity index (χ0n) is 12.0. The van der Waals surface area contributed by atoms with Crippen LogP contribution in [0.1, 0.15) is 25.8 Å². The third-order valence-corrected chi connectivity index (χ3v) is 4.30. The van der Waals surface area contributed by atoms with E-state index in [2.05, 4.69) is 31.8 Å². The average molecular weight is 278 g/mol. The van der Waals surface area contributed by atoms with Crippen molar-refractivity contribution in [2.24, 2.45) is 11.1 Å². The molecule has 0 aliphatic carbocycles. The Bertz CT molecular complexity index is 511. The van der Waals surface area contributed by atoms with Crippen LogP contribution in [0.2, 0.25) is 0 Å². The summed E-state index contributed by atoms with van der Waals surface area (Å²) in [6.45, 7) is 6.46. The van der Waals surface area contributed by atoms with Crippen molar-refractivity contribution in [2.45, 2.75) is 39.3 Å². The van der Waals surface area contributed by atoms with E-state index in [-0.39, 0.29) is 17.6 Å². The van der Waals surface area contributed by atoms with Crippen molar-refractivity contribution in [3.63, 3.8) is 0 Å². The number of ether oxygens (including phenoxy) is 1. The first-order valence-corrected chi connectivity index (χ1v) is 7.36. The van der Waals surface area contributed by atoms with E-state index in [0.29, 0.717) is 0 Å². The molecule has 1 aromatic heterocycles. The van der Waals surface area contributed by atoms with E-state index in [1.54, 1.807) is 18.4 Å². The van der Waals surface area contributed by atoms with Crippen molar-refractivity contribution < 1.29 is 4.74 Å². The first-order chi connectivity index (χ1) is 8.91. The molecule has 19 heavy (non-hydrogen) atoms. The molecule has 1 heterocycles. The molecule has 3 nitrogen and oxygen atoms in total. The summed E-state index contributed by atoms with van der Waals surface area (Å²) in [5.74, 6) is 0. The molecular formula is C15H22N2OS. The topological polar surface area (TPSA) is 48.1 Å². The Labute approximate surface area is 118 Å². The predicted molar refractivity (Wildman–Crippen MR) is 81.6 cm³/mol. The number of nitrogens with two attached hydrogens (primary N) is 1. The molecule has 0 radical (unpaired) electrons. The number of aromatic nitrogens is 1. The lowest BCUT2D eigenvalue weighted by Crippen LogP contribution is -2.45. The number of benzene rings is 1. The van der Waals surface area contributed by atoms with Gasteiger partial charge in [-0.25, -0.2) is 4.98 Å². The molecule has 0 aliphatic heterocycles. The van der Waals surface area contributed by atoms with Crippen LogP contribution in [0.25, 0.3) is 10.2 Å². The number of rotatable bonds is 4. The highest BCUT2D eigenvalue weighted by Crippen LogP contribution is 2.27. The summed E-state index contributed by atoms with van der Waals surface area (Å²) in [5.41, 5.74) is 7.40. The van der Waals surface area contributed by atoms with Crippen molar-refractivity contribution in [3.05, 3.63) is 29.3 Å². The molecule has 2 rings (SSSR count). The Morgan fingerprint density at radius 1 is 1.32 bits per heavy atom. The fourth-order valence-electron chi connectivity index (χ4n) is 2.49. The summed E-state index contributed by atoms with van der Waals surface area (Å²) in [6, 6.07) is 8.15. The summed E-state index contributed by atoms with van der Waals surface area (Å²) >= 11 is 1.72. The molecule has 4 heteroatoms. The first-order valence-electron chi connectivity index (χ1n) is 6.54. The number of nitrogens with zero attached hydrogens (tertiary/aromatic N) is 1. The van der Waals surface area contributed by atoms with Crippen LogP contribution in [-0.4, -0.2) is 24.2 Å². The highest BCUT2D eigenvalue weighted by Gasteiger charge is 2.30. The van der Waals surface area contributed by atoms with E-state index in [1.807, 2.05) is 18.2 Å². The maximum Gasteiger partial charge on any atom is 0.0955 e. The Morgan fingerprint density at radius 3 is 2.58 bits per heavy atom. The number of hydrogen-bond donors (Lipinski definition) is 1. The summed E-state index contributed by atoms with van der Waals surface area (Å²) in [5, 5.41) is 1.08. The van der Waals surface area contributed by atoms with Gasteiger partial charge in [-0.15, -0.1) is 11.3 Å². The molecule has 0 spiro atoms. The average Bonchev–Trinajstić information content (AvgIpc) is 2.69. The summed E-state index contributed by atoms with van der Waals surface area (Å²) in [7, 11) is 1.73. The van der Waals surface area contributed by atoms with Gasteiger partial charge in [-0.3, -0.25) is 0 Å². The molecule has 0 saturated heterocycles. The minimum atomic E-state index is -0.0365. The van der Waals surface area contributed by atoms with Crippen LogP contribution in [0.5, 0.6) is 0 Å². The van der Waals surface area contributed by atoms with Crippen molar-refractivity contribution in [1.29, 1.82) is 0 Å². The van der Waals surface area contributed by atoms with Crippen LogP contribution < -0.4 is 5.73 Å². The van der Waals surface area contributed by atoms with E-state index < -0.39 is 0 Å². The molecule has 0 bridgehead atoms. The van der Waals surface area contributed by atoms with E-state index in [1.165, 1.54) is 4.70 Å². The van der Waals surface area contributed by atoms with Crippen molar-refractivity contribution in [3.8, 4) is 0 Å². The normalized spacial score (nSPS) is 15.6. The van der Waals surface area contributed by atoms with E-state index >= 15 is 0 Å². The second kappa shape index (κ2) is 5.57. The highest BCUT2D eigenvalue weighted by molar-refractivity contribution is 7.18. The maximum atomic E-state index is 6.31. The number of fused-ring (bicyclic) bond motifs is 1. The lowest BCUT2D eigenvalue weighted by Gasteiger charge is -2.33. The zero-order chi connectivity index (χ0) is 14.0. The fraction of sp³-hybridized carbons (Fsp3) is 0.533. The van der Waals surface area contributed by atoms with Crippen molar-refractivity contribution in [1.82, 2.24) is 4.98 Å². The van der Waals surface area contributed by atoms with Gasteiger partial charge in [0.1, 0.15) is 0 Å². The second-order valence-electron chi connectivity index (χ2n) is 5.97. The van der Waals surface area contributed by atoms with Gasteiger partial charge >= 0.3 is 0 Å². The van der Waals surface area contributed by atoms with Crippen molar-refractivity contribution >= 4 is 21.6 Å². The third-order valence-electron chi connectivity index (χ3n) is 3.24. The van der Waals surface area contributed by atoms with Gasteiger partial charge in [0.15, 0.2) is 0 Å². The van der Waals surface area contributed by atoms with Gasteiger partial charge in [0.2, 0.25) is 0 Å². The van der Waals surface area contributed by atoms with E-state index in [0.717, 1.165) is 16.9 Å². The molecular weight excluding hydrogens is 256 g/mol. The molecule has 0 aliphatic rings. The quantitative estimate of drug-likeness (QED) is 0.934. The predicted octanol–water partition coefficient (Wildman–Crippen LogP) is 3.23. The van der Waals surface area contributed by atoms with Gasteiger partial charge in [0.05, 0.1) is 21.3 Å². The molecule has 0 amide bonds. The van der Waals surface area contributed by atoms with Crippen LogP contribution in [0.3, 0.4) is 0 Å². The molecule has 2 atom stereocenters. The fourth-order valence-corrected chi connectivity index (χ4v) is 3.52. The molecule has 2 N–H and O–H groups in total. The van der Waals surface area contributed by atoms with Gasteiger partial charge in [-0.1, -0.05) is 32.9 Å². The smallest absolute Gasteiger partial charge is 0.0955 e. The summed E-state index contributed by atoms with van der Waals surface area (Å²) < 4.78 is 6.79. The molecule has 2 aromatic rings. The maximum absolute atomic E-state index is 6.31. The highest BCUT2D eigenvalue weighted by atomic mass is 32.1. The van der Waals surface area contributed by atoms with Gasteiger partial charge < -0.3 is 10.5 Å². The number of methoxy groups -OCH3 is 1. The Balaban J connectivity index is 2.15. The Hall–Kier alpha value is -0.970. The number of thiazole rings is 1. The molecule has 2 unspecified atom stereocenters. The minimum Gasteiger partial charge on any atom is -0.379 e. The second-order valence-corrected chi connectivity index (χ2v) is 7.08. The lowest BCUT2D eigenvalue weighted by molar-refractivity contribution is -0.00165. The standard InChI is InChI=1S/C15H22N2OS/c1-15(2,3)14(18-4)10(16)9-13-17-11-7-5-6-8-12(11)19-13/h5-8,10,14H,9,16H2,1-4H3. The van der Waals surface area contributed by atoms with Crippen molar-refractivity contribution in [2.75, 3.05) is 7.11 Å². The largest absolute Gasteiger partial charge is 0.379 e. The van der Waals surface area contributed by atoms with Gasteiger partial charge in [-0.2, -0.15) is 0 Å². The molecule has 104 valence electrons. The molecule has 0 fully saturated rings. The Morgan fingerprint density at radius 2 is 2.00 bits per heavy atom. The first kappa shape index (κ1) is 14.4. The van der Waals surface area contributed by atoms with Crippen LogP contribution in [-0.2, 0) is 11.2 Å². The van der Waals surface area contributed by atoms with Gasteiger partial charge in [-0.05, 0) is 17.5 Å². The van der Waals surface area contributed by atoms with Crippen LogP contribution in [0, 0.1) is 5.41 Å². The molecule has 1 aromatic carbocycles. The van der Waals surface area contributed by atoms with Crippen LogP contribution in [0.4, 0.5) is 0 Å². The van der Waals surface area contributed by atoms with Gasteiger partial charge in [0.25, 0.3) is 0 Å². The summed E-state index contributed by atoms with van der Waals surface area (Å²) in [4.78, 5) is 4.63. The summed E-state index contributed by atoms with van der Waals surface area (Å²) in [6.07, 6.45) is 0.786. The van der Waals surface area contributed by atoms with Gasteiger partial charge in [0, 0.05) is 19.6 Å². The number of hydrogen-bond acceptors (Lipinski definition) is 4.